The van der Waals surface area contributed by atoms with Crippen LogP contribution in [0, 0.1) is 5.92 Å². The Balaban J connectivity index is 1.20. The molecule has 2 heterocycles. The minimum absolute atomic E-state index is 0.0608. The summed E-state index contributed by atoms with van der Waals surface area (Å²) in [7, 11) is 0. The number of fused-ring (bicyclic) bond motifs is 1. The normalized spacial score (nSPS) is 19.8. The van der Waals surface area contributed by atoms with Gasteiger partial charge in [0.2, 0.25) is 5.91 Å². The Morgan fingerprint density at radius 1 is 1.07 bits per heavy atom. The third kappa shape index (κ3) is 3.98. The molecule has 0 saturated carbocycles. The molecule has 29 heavy (non-hydrogen) atoms. The van der Waals surface area contributed by atoms with Gasteiger partial charge in [0.1, 0.15) is 0 Å². The maximum atomic E-state index is 12.9. The number of anilines is 1. The van der Waals surface area contributed by atoms with Crippen LogP contribution in [0.25, 0.3) is 11.3 Å². The van der Waals surface area contributed by atoms with Gasteiger partial charge in [-0.3, -0.25) is 9.69 Å². The fourth-order valence-electron chi connectivity index (χ4n) is 4.67. The average molecular weight is 404 g/mol. The highest BCUT2D eigenvalue weighted by atomic mass is 32.1. The van der Waals surface area contributed by atoms with Crippen LogP contribution in [0.2, 0.25) is 0 Å². The van der Waals surface area contributed by atoms with Crippen LogP contribution in [-0.4, -0.2) is 34.9 Å². The SMILES string of the molecule is O=C(Nc1ccc(-c2cscn2)cc1)C1CCCN(C2Cc3ccccc3C2)C1. The highest BCUT2D eigenvalue weighted by Gasteiger charge is 2.32. The van der Waals surface area contributed by atoms with Crippen molar-refractivity contribution >= 4 is 22.9 Å². The van der Waals surface area contributed by atoms with Gasteiger partial charge in [0.15, 0.2) is 0 Å². The average Bonchev–Trinajstić information content (AvgIpc) is 3.44. The summed E-state index contributed by atoms with van der Waals surface area (Å²) in [6.45, 7) is 1.96. The number of thiazole rings is 1. The minimum atomic E-state index is 0.0608. The van der Waals surface area contributed by atoms with E-state index in [0.29, 0.717) is 6.04 Å². The van der Waals surface area contributed by atoms with Crippen LogP contribution in [-0.2, 0) is 17.6 Å². The number of hydrogen-bond acceptors (Lipinski definition) is 4. The van der Waals surface area contributed by atoms with Crippen molar-refractivity contribution in [1.29, 1.82) is 0 Å². The van der Waals surface area contributed by atoms with E-state index in [0.717, 1.165) is 55.7 Å². The first-order valence-electron chi connectivity index (χ1n) is 10.4. The minimum Gasteiger partial charge on any atom is -0.326 e. The zero-order chi connectivity index (χ0) is 19.6. The number of piperidine rings is 1. The van der Waals surface area contributed by atoms with E-state index in [9.17, 15) is 4.79 Å². The number of hydrogen-bond donors (Lipinski definition) is 1. The maximum Gasteiger partial charge on any atom is 0.228 e. The van der Waals surface area contributed by atoms with Crippen LogP contribution >= 0.6 is 11.3 Å². The van der Waals surface area contributed by atoms with E-state index in [2.05, 4.69) is 39.5 Å². The topological polar surface area (TPSA) is 45.2 Å². The van der Waals surface area contributed by atoms with Gasteiger partial charge in [0.25, 0.3) is 0 Å². The molecule has 2 aliphatic rings. The van der Waals surface area contributed by atoms with Crippen LogP contribution in [0.5, 0.6) is 0 Å². The number of benzene rings is 2. The molecule has 5 heteroatoms. The Morgan fingerprint density at radius 2 is 1.83 bits per heavy atom. The number of carbonyl (C=O) groups is 1. The predicted molar refractivity (Wildman–Crippen MR) is 118 cm³/mol. The molecule has 5 rings (SSSR count). The molecule has 0 bridgehead atoms. The predicted octanol–water partition coefficient (Wildman–Crippen LogP) is 4.63. The second-order valence-corrected chi connectivity index (χ2v) is 8.82. The van der Waals surface area contributed by atoms with Crippen molar-refractivity contribution in [2.24, 2.45) is 5.92 Å². The monoisotopic (exact) mass is 403 g/mol. The van der Waals surface area contributed by atoms with E-state index in [-0.39, 0.29) is 11.8 Å². The van der Waals surface area contributed by atoms with Crippen LogP contribution in [0.15, 0.2) is 59.4 Å². The van der Waals surface area contributed by atoms with Crippen molar-refractivity contribution in [2.45, 2.75) is 31.7 Å². The molecule has 1 saturated heterocycles. The molecule has 1 aromatic heterocycles. The van der Waals surface area contributed by atoms with Crippen LogP contribution in [0.3, 0.4) is 0 Å². The number of nitrogens with zero attached hydrogens (tertiary/aromatic N) is 2. The highest BCUT2D eigenvalue weighted by Crippen LogP contribution is 2.29. The highest BCUT2D eigenvalue weighted by molar-refractivity contribution is 7.07. The molecule has 1 fully saturated rings. The summed E-state index contributed by atoms with van der Waals surface area (Å²) in [5.41, 5.74) is 7.71. The van der Waals surface area contributed by atoms with Crippen molar-refractivity contribution in [3.8, 4) is 11.3 Å². The van der Waals surface area contributed by atoms with E-state index in [1.807, 2.05) is 35.2 Å². The van der Waals surface area contributed by atoms with Gasteiger partial charge in [-0.25, -0.2) is 4.98 Å². The molecule has 148 valence electrons. The molecule has 2 aromatic carbocycles. The molecule has 3 aromatic rings. The maximum absolute atomic E-state index is 12.9. The summed E-state index contributed by atoms with van der Waals surface area (Å²) in [4.78, 5) is 19.8. The Morgan fingerprint density at radius 3 is 2.52 bits per heavy atom. The number of amides is 1. The van der Waals surface area contributed by atoms with Gasteiger partial charge < -0.3 is 5.32 Å². The van der Waals surface area contributed by atoms with E-state index < -0.39 is 0 Å². The lowest BCUT2D eigenvalue weighted by Gasteiger charge is -2.36. The molecule has 0 radical (unpaired) electrons. The van der Waals surface area contributed by atoms with Gasteiger partial charge in [-0.15, -0.1) is 11.3 Å². The summed E-state index contributed by atoms with van der Waals surface area (Å²) in [5.74, 6) is 0.206. The standard InChI is InChI=1S/C24H25N3OS/c28-24(26-21-9-7-17(8-10-21)23-15-29-16-25-23)20-6-3-11-27(14-20)22-12-18-4-1-2-5-19(18)13-22/h1-2,4-5,7-10,15-16,20,22H,3,6,11-14H2,(H,26,28). The number of carbonyl (C=O) groups excluding carboxylic acids is 1. The van der Waals surface area contributed by atoms with E-state index in [1.165, 1.54) is 11.1 Å². The third-order valence-electron chi connectivity index (χ3n) is 6.25. The number of rotatable bonds is 4. The fourth-order valence-corrected chi connectivity index (χ4v) is 5.23. The molecule has 1 unspecified atom stereocenters. The van der Waals surface area contributed by atoms with Crippen LogP contribution in [0.1, 0.15) is 24.0 Å². The summed E-state index contributed by atoms with van der Waals surface area (Å²) < 4.78 is 0. The van der Waals surface area contributed by atoms with Gasteiger partial charge in [-0.05, 0) is 55.5 Å². The lowest BCUT2D eigenvalue weighted by molar-refractivity contribution is -0.121. The number of aromatic nitrogens is 1. The first kappa shape index (κ1) is 18.5. The summed E-state index contributed by atoms with van der Waals surface area (Å²) in [6.07, 6.45) is 4.29. The molecule has 1 atom stereocenters. The molecule has 1 aliphatic carbocycles. The van der Waals surface area contributed by atoms with Crippen molar-refractivity contribution in [2.75, 3.05) is 18.4 Å². The first-order chi connectivity index (χ1) is 14.3. The first-order valence-corrected chi connectivity index (χ1v) is 11.3. The summed E-state index contributed by atoms with van der Waals surface area (Å²) in [6, 6.07) is 17.3. The van der Waals surface area contributed by atoms with Crippen molar-refractivity contribution < 1.29 is 4.79 Å². The van der Waals surface area contributed by atoms with Crippen molar-refractivity contribution in [3.63, 3.8) is 0 Å². The smallest absolute Gasteiger partial charge is 0.228 e. The molecular formula is C24H25N3OS. The van der Waals surface area contributed by atoms with Gasteiger partial charge in [0, 0.05) is 29.2 Å². The second kappa shape index (κ2) is 8.09. The molecular weight excluding hydrogens is 378 g/mol. The lowest BCUT2D eigenvalue weighted by atomic mass is 9.95. The Kier molecular flexibility index (Phi) is 5.17. The molecule has 1 amide bonds. The summed E-state index contributed by atoms with van der Waals surface area (Å²) >= 11 is 1.59. The van der Waals surface area contributed by atoms with E-state index >= 15 is 0 Å². The molecule has 4 nitrogen and oxygen atoms in total. The van der Waals surface area contributed by atoms with E-state index in [4.69, 9.17) is 0 Å². The van der Waals surface area contributed by atoms with Gasteiger partial charge in [-0.1, -0.05) is 36.4 Å². The van der Waals surface area contributed by atoms with E-state index in [1.54, 1.807) is 11.3 Å². The lowest BCUT2D eigenvalue weighted by Crippen LogP contribution is -2.46. The zero-order valence-electron chi connectivity index (χ0n) is 16.4. The zero-order valence-corrected chi connectivity index (χ0v) is 17.2. The van der Waals surface area contributed by atoms with Crippen molar-refractivity contribution in [1.82, 2.24) is 9.88 Å². The van der Waals surface area contributed by atoms with Gasteiger partial charge in [0.05, 0.1) is 17.1 Å². The largest absolute Gasteiger partial charge is 0.326 e. The molecule has 1 N–H and O–H groups in total. The molecule has 0 spiro atoms. The Hall–Kier alpha value is -2.50. The summed E-state index contributed by atoms with van der Waals surface area (Å²) in [5, 5.41) is 5.16. The third-order valence-corrected chi connectivity index (χ3v) is 6.84. The fraction of sp³-hybridized carbons (Fsp3) is 0.333. The number of nitrogens with one attached hydrogen (secondary N) is 1. The van der Waals surface area contributed by atoms with Gasteiger partial charge >= 0.3 is 0 Å². The Labute approximate surface area is 175 Å². The quantitative estimate of drug-likeness (QED) is 0.691. The van der Waals surface area contributed by atoms with Crippen molar-refractivity contribution in [3.05, 3.63) is 70.5 Å². The van der Waals surface area contributed by atoms with Crippen LogP contribution in [0.4, 0.5) is 5.69 Å². The molecule has 1 aliphatic heterocycles. The second-order valence-electron chi connectivity index (χ2n) is 8.11. The Bertz CT molecular complexity index is 959. The van der Waals surface area contributed by atoms with Gasteiger partial charge in [-0.2, -0.15) is 0 Å². The van der Waals surface area contributed by atoms with Crippen LogP contribution < -0.4 is 5.32 Å². The number of likely N-dealkylation sites (tertiary alicyclic amines) is 1.